The summed E-state index contributed by atoms with van der Waals surface area (Å²) in [4.78, 5) is 25.3. The number of aromatic nitrogens is 1. The SMILES string of the molecule is COc1ccc(CCNC(=O)c2cc(O)[nH]c(=O)c2)cc1OC. The highest BCUT2D eigenvalue weighted by molar-refractivity contribution is 5.94. The van der Waals surface area contributed by atoms with E-state index in [1.54, 1.807) is 20.3 Å². The monoisotopic (exact) mass is 318 g/mol. The van der Waals surface area contributed by atoms with E-state index in [0.717, 1.165) is 11.6 Å². The smallest absolute Gasteiger partial charge is 0.251 e. The quantitative estimate of drug-likeness (QED) is 0.739. The van der Waals surface area contributed by atoms with Crippen molar-refractivity contribution < 1.29 is 19.4 Å². The highest BCUT2D eigenvalue weighted by atomic mass is 16.5. The van der Waals surface area contributed by atoms with Gasteiger partial charge in [-0.25, -0.2) is 0 Å². The van der Waals surface area contributed by atoms with Gasteiger partial charge in [-0.3, -0.25) is 14.6 Å². The van der Waals surface area contributed by atoms with Crippen LogP contribution in [0.1, 0.15) is 15.9 Å². The number of aromatic hydroxyl groups is 1. The van der Waals surface area contributed by atoms with E-state index in [-0.39, 0.29) is 11.4 Å². The first kappa shape index (κ1) is 16.4. The van der Waals surface area contributed by atoms with Gasteiger partial charge >= 0.3 is 0 Å². The Balaban J connectivity index is 1.96. The van der Waals surface area contributed by atoms with Crippen molar-refractivity contribution >= 4 is 5.91 Å². The average molecular weight is 318 g/mol. The summed E-state index contributed by atoms with van der Waals surface area (Å²) in [6, 6.07) is 7.85. The minimum atomic E-state index is -0.532. The zero-order chi connectivity index (χ0) is 16.8. The number of amides is 1. The minimum absolute atomic E-state index is 0.110. The van der Waals surface area contributed by atoms with E-state index in [4.69, 9.17) is 9.47 Å². The Kier molecular flexibility index (Phi) is 5.24. The normalized spacial score (nSPS) is 10.2. The van der Waals surface area contributed by atoms with E-state index in [1.165, 1.54) is 6.07 Å². The van der Waals surface area contributed by atoms with Gasteiger partial charge in [0.25, 0.3) is 11.5 Å². The fourth-order valence-electron chi connectivity index (χ4n) is 2.12. The molecule has 0 bridgehead atoms. The van der Waals surface area contributed by atoms with Gasteiger partial charge in [0.15, 0.2) is 17.4 Å². The van der Waals surface area contributed by atoms with Crippen molar-refractivity contribution in [1.29, 1.82) is 0 Å². The fraction of sp³-hybridized carbons (Fsp3) is 0.250. The number of aromatic amines is 1. The summed E-state index contributed by atoms with van der Waals surface area (Å²) in [5.41, 5.74) is 0.547. The summed E-state index contributed by atoms with van der Waals surface area (Å²) in [7, 11) is 3.12. The molecule has 0 spiro atoms. The largest absolute Gasteiger partial charge is 0.494 e. The molecule has 0 aliphatic rings. The lowest BCUT2D eigenvalue weighted by molar-refractivity contribution is 0.0953. The molecule has 7 heteroatoms. The molecule has 0 aliphatic carbocycles. The number of rotatable bonds is 6. The van der Waals surface area contributed by atoms with E-state index in [9.17, 15) is 14.7 Å². The maximum absolute atomic E-state index is 11.9. The second-order valence-electron chi connectivity index (χ2n) is 4.81. The molecule has 0 atom stereocenters. The number of nitrogens with one attached hydrogen (secondary N) is 2. The first-order valence-electron chi connectivity index (χ1n) is 6.96. The Bertz CT molecular complexity index is 754. The van der Waals surface area contributed by atoms with Crippen LogP contribution in [-0.2, 0) is 6.42 Å². The van der Waals surface area contributed by atoms with E-state index < -0.39 is 11.5 Å². The van der Waals surface area contributed by atoms with Crippen LogP contribution >= 0.6 is 0 Å². The highest BCUT2D eigenvalue weighted by Crippen LogP contribution is 2.27. The minimum Gasteiger partial charge on any atom is -0.494 e. The zero-order valence-corrected chi connectivity index (χ0v) is 12.9. The van der Waals surface area contributed by atoms with Gasteiger partial charge in [-0.1, -0.05) is 6.07 Å². The lowest BCUT2D eigenvalue weighted by Crippen LogP contribution is -2.26. The van der Waals surface area contributed by atoms with Crippen molar-refractivity contribution in [3.8, 4) is 17.4 Å². The average Bonchev–Trinajstić information content (AvgIpc) is 2.53. The number of carbonyl (C=O) groups is 1. The van der Waals surface area contributed by atoms with Gasteiger partial charge in [0, 0.05) is 18.7 Å². The molecule has 0 unspecified atom stereocenters. The van der Waals surface area contributed by atoms with Gasteiger partial charge in [-0.05, 0) is 24.1 Å². The van der Waals surface area contributed by atoms with Crippen molar-refractivity contribution in [3.05, 3.63) is 51.8 Å². The lowest BCUT2D eigenvalue weighted by atomic mass is 10.1. The summed E-state index contributed by atoms with van der Waals surface area (Å²) < 4.78 is 10.4. The third kappa shape index (κ3) is 4.26. The number of hydrogen-bond donors (Lipinski definition) is 3. The molecule has 2 rings (SSSR count). The van der Waals surface area contributed by atoms with Gasteiger partial charge in [0.1, 0.15) is 0 Å². The molecule has 0 saturated carbocycles. The summed E-state index contributed by atoms with van der Waals surface area (Å²) in [5, 5.41) is 12.0. The van der Waals surface area contributed by atoms with Crippen LogP contribution in [0.25, 0.3) is 0 Å². The van der Waals surface area contributed by atoms with Crippen LogP contribution in [0.3, 0.4) is 0 Å². The predicted molar refractivity (Wildman–Crippen MR) is 84.3 cm³/mol. The Morgan fingerprint density at radius 3 is 2.57 bits per heavy atom. The Labute approximate surface area is 132 Å². The number of ether oxygens (including phenoxy) is 2. The number of pyridine rings is 1. The number of H-pyrrole nitrogens is 1. The standard InChI is InChI=1S/C16H18N2O5/c1-22-12-4-3-10(7-13(12)23-2)5-6-17-16(21)11-8-14(19)18-15(20)9-11/h3-4,7-9H,5-6H2,1-2H3,(H,17,21)(H2,18,19,20). The first-order chi connectivity index (χ1) is 11.0. The molecule has 1 aromatic heterocycles. The molecule has 1 heterocycles. The summed E-state index contributed by atoms with van der Waals surface area (Å²) in [6.45, 7) is 0.377. The third-order valence-corrected chi connectivity index (χ3v) is 3.24. The Morgan fingerprint density at radius 1 is 1.17 bits per heavy atom. The van der Waals surface area contributed by atoms with Crippen LogP contribution < -0.4 is 20.3 Å². The molecule has 0 fully saturated rings. The molecular formula is C16H18N2O5. The molecule has 7 nitrogen and oxygen atoms in total. The highest BCUT2D eigenvalue weighted by Gasteiger charge is 2.08. The molecule has 0 radical (unpaired) electrons. The summed E-state index contributed by atoms with van der Waals surface area (Å²) in [5.74, 6) is 0.490. The van der Waals surface area contributed by atoms with E-state index >= 15 is 0 Å². The maximum Gasteiger partial charge on any atom is 0.251 e. The van der Waals surface area contributed by atoms with Crippen LogP contribution in [-0.4, -0.2) is 36.8 Å². The molecule has 122 valence electrons. The molecule has 3 N–H and O–H groups in total. The van der Waals surface area contributed by atoms with Crippen molar-refractivity contribution in [2.24, 2.45) is 0 Å². The maximum atomic E-state index is 11.9. The van der Waals surface area contributed by atoms with Crippen LogP contribution in [0.5, 0.6) is 17.4 Å². The topological polar surface area (TPSA) is 101 Å². The second kappa shape index (κ2) is 7.35. The summed E-state index contributed by atoms with van der Waals surface area (Å²) in [6.07, 6.45) is 0.585. The van der Waals surface area contributed by atoms with Crippen molar-refractivity contribution in [3.63, 3.8) is 0 Å². The van der Waals surface area contributed by atoms with Crippen LogP contribution in [0.2, 0.25) is 0 Å². The second-order valence-corrected chi connectivity index (χ2v) is 4.81. The van der Waals surface area contributed by atoms with Gasteiger partial charge < -0.3 is 19.9 Å². The van der Waals surface area contributed by atoms with Crippen molar-refractivity contribution in [2.75, 3.05) is 20.8 Å². The van der Waals surface area contributed by atoms with Gasteiger partial charge in [0.05, 0.1) is 19.8 Å². The van der Waals surface area contributed by atoms with Crippen molar-refractivity contribution in [1.82, 2.24) is 10.3 Å². The van der Waals surface area contributed by atoms with Crippen LogP contribution in [0, 0.1) is 0 Å². The molecule has 0 aliphatic heterocycles. The Hall–Kier alpha value is -2.96. The first-order valence-corrected chi connectivity index (χ1v) is 6.96. The van der Waals surface area contributed by atoms with Gasteiger partial charge in [-0.15, -0.1) is 0 Å². The number of benzene rings is 1. The van der Waals surface area contributed by atoms with E-state index in [2.05, 4.69) is 10.3 Å². The number of hydrogen-bond acceptors (Lipinski definition) is 5. The zero-order valence-electron chi connectivity index (χ0n) is 12.9. The molecule has 0 saturated heterocycles. The van der Waals surface area contributed by atoms with Gasteiger partial charge in [0.2, 0.25) is 0 Å². The number of carbonyl (C=O) groups excluding carboxylic acids is 1. The predicted octanol–water partition coefficient (Wildman–Crippen LogP) is 1.07. The lowest BCUT2D eigenvalue weighted by Gasteiger charge is -2.10. The summed E-state index contributed by atoms with van der Waals surface area (Å²) >= 11 is 0. The Morgan fingerprint density at radius 2 is 1.91 bits per heavy atom. The van der Waals surface area contributed by atoms with Crippen LogP contribution in [0.15, 0.2) is 35.1 Å². The van der Waals surface area contributed by atoms with Crippen LogP contribution in [0.4, 0.5) is 0 Å². The number of methoxy groups -OCH3 is 2. The van der Waals surface area contributed by atoms with E-state index in [1.807, 2.05) is 12.1 Å². The molecular weight excluding hydrogens is 300 g/mol. The van der Waals surface area contributed by atoms with Gasteiger partial charge in [-0.2, -0.15) is 0 Å². The third-order valence-electron chi connectivity index (χ3n) is 3.24. The fourth-order valence-corrected chi connectivity index (χ4v) is 2.12. The molecule has 1 amide bonds. The van der Waals surface area contributed by atoms with Crippen molar-refractivity contribution in [2.45, 2.75) is 6.42 Å². The van der Waals surface area contributed by atoms with E-state index in [0.29, 0.717) is 24.5 Å². The molecule has 1 aromatic carbocycles. The molecule has 2 aromatic rings. The molecule has 23 heavy (non-hydrogen) atoms.